The molecule has 0 spiro atoms. The quantitative estimate of drug-likeness (QED) is 0.692. The van der Waals surface area contributed by atoms with E-state index in [9.17, 15) is 14.7 Å². The van der Waals surface area contributed by atoms with Crippen LogP contribution >= 0.6 is 0 Å². The molecule has 3 rings (SSSR count). The molecule has 31 heavy (non-hydrogen) atoms. The van der Waals surface area contributed by atoms with Gasteiger partial charge in [0.1, 0.15) is 16.9 Å². The van der Waals surface area contributed by atoms with E-state index >= 15 is 0 Å². The van der Waals surface area contributed by atoms with Crippen molar-refractivity contribution in [2.24, 2.45) is 7.05 Å². The van der Waals surface area contributed by atoms with Gasteiger partial charge < -0.3 is 29.1 Å². The van der Waals surface area contributed by atoms with Crippen LogP contribution in [0.1, 0.15) is 37.6 Å². The van der Waals surface area contributed by atoms with Gasteiger partial charge in [0.25, 0.3) is 0 Å². The lowest BCUT2D eigenvalue weighted by molar-refractivity contribution is 0.0237. The van der Waals surface area contributed by atoms with Gasteiger partial charge in [0, 0.05) is 45.9 Å². The summed E-state index contributed by atoms with van der Waals surface area (Å²) in [4.78, 5) is 28.0. The molecule has 1 N–H and O–H groups in total. The lowest BCUT2D eigenvalue weighted by atomic mass is 10.1. The Morgan fingerprint density at radius 1 is 1.35 bits per heavy atom. The SMILES string of the molecule is COCOc1cc(C(=O)O)c2nn(C)cc2c1N1CC[C@H](N(C)C(=O)OC(C)(C)C)C1. The molecule has 2 heterocycles. The number of hydrogen-bond donors (Lipinski definition) is 1. The van der Waals surface area contributed by atoms with Crippen LogP contribution in [0.5, 0.6) is 5.75 Å². The Hall–Kier alpha value is -3.01. The number of aryl methyl sites for hydroxylation is 1. The van der Waals surface area contributed by atoms with E-state index in [0.29, 0.717) is 29.7 Å². The molecule has 1 aromatic heterocycles. The monoisotopic (exact) mass is 434 g/mol. The van der Waals surface area contributed by atoms with Crippen LogP contribution < -0.4 is 9.64 Å². The maximum atomic E-state index is 12.5. The Balaban J connectivity index is 1.96. The van der Waals surface area contributed by atoms with Crippen molar-refractivity contribution in [3.05, 3.63) is 17.8 Å². The second kappa shape index (κ2) is 8.62. The van der Waals surface area contributed by atoms with Crippen molar-refractivity contribution in [3.8, 4) is 5.75 Å². The molecule has 0 unspecified atom stereocenters. The Bertz CT molecular complexity index is 980. The second-order valence-electron chi connectivity index (χ2n) is 8.67. The third kappa shape index (κ3) is 4.84. The van der Waals surface area contributed by atoms with E-state index in [1.807, 2.05) is 20.8 Å². The van der Waals surface area contributed by atoms with Crippen molar-refractivity contribution >= 4 is 28.7 Å². The minimum Gasteiger partial charge on any atom is -0.478 e. The van der Waals surface area contributed by atoms with E-state index < -0.39 is 11.6 Å². The number of anilines is 1. The smallest absolute Gasteiger partial charge is 0.410 e. The molecule has 1 aromatic carbocycles. The van der Waals surface area contributed by atoms with Crippen molar-refractivity contribution in [3.63, 3.8) is 0 Å². The van der Waals surface area contributed by atoms with Crippen molar-refractivity contribution in [2.75, 3.05) is 38.9 Å². The van der Waals surface area contributed by atoms with Crippen LogP contribution in [-0.4, -0.2) is 77.5 Å². The highest BCUT2D eigenvalue weighted by molar-refractivity contribution is 6.08. The van der Waals surface area contributed by atoms with Gasteiger partial charge >= 0.3 is 12.1 Å². The maximum absolute atomic E-state index is 12.5. The number of amides is 1. The highest BCUT2D eigenvalue weighted by atomic mass is 16.7. The molecule has 1 atom stereocenters. The Morgan fingerprint density at radius 2 is 2.06 bits per heavy atom. The molecule has 0 saturated carbocycles. The first-order chi connectivity index (χ1) is 14.5. The molecular weight excluding hydrogens is 404 g/mol. The van der Waals surface area contributed by atoms with Gasteiger partial charge in [0.2, 0.25) is 0 Å². The molecule has 0 bridgehead atoms. The van der Waals surface area contributed by atoms with Gasteiger partial charge in [0.05, 0.1) is 17.3 Å². The summed E-state index contributed by atoms with van der Waals surface area (Å²) < 4.78 is 17.9. The van der Waals surface area contributed by atoms with Crippen LogP contribution in [0.4, 0.5) is 10.5 Å². The van der Waals surface area contributed by atoms with Gasteiger partial charge in [-0.3, -0.25) is 4.68 Å². The number of ether oxygens (including phenoxy) is 3. The average molecular weight is 434 g/mol. The number of methoxy groups -OCH3 is 1. The molecule has 10 heteroatoms. The summed E-state index contributed by atoms with van der Waals surface area (Å²) in [5, 5.41) is 14.7. The summed E-state index contributed by atoms with van der Waals surface area (Å²) >= 11 is 0. The number of carbonyl (C=O) groups is 2. The van der Waals surface area contributed by atoms with Gasteiger partial charge in [-0.05, 0) is 33.3 Å². The molecule has 2 aromatic rings. The average Bonchev–Trinajstić information content (AvgIpc) is 3.29. The molecule has 0 aliphatic carbocycles. The highest BCUT2D eigenvalue weighted by Gasteiger charge is 2.34. The lowest BCUT2D eigenvalue weighted by Crippen LogP contribution is -2.42. The van der Waals surface area contributed by atoms with E-state index in [4.69, 9.17) is 14.2 Å². The van der Waals surface area contributed by atoms with Gasteiger partial charge in [-0.15, -0.1) is 0 Å². The van der Waals surface area contributed by atoms with Crippen LogP contribution in [0.3, 0.4) is 0 Å². The normalized spacial score (nSPS) is 16.6. The topological polar surface area (TPSA) is 106 Å². The maximum Gasteiger partial charge on any atom is 0.410 e. The van der Waals surface area contributed by atoms with Crippen LogP contribution in [0.15, 0.2) is 12.3 Å². The molecule has 1 fully saturated rings. The van der Waals surface area contributed by atoms with Crippen molar-refractivity contribution in [1.82, 2.24) is 14.7 Å². The van der Waals surface area contributed by atoms with Crippen LogP contribution in [-0.2, 0) is 16.5 Å². The number of aromatic nitrogens is 2. The Morgan fingerprint density at radius 3 is 2.68 bits per heavy atom. The first-order valence-electron chi connectivity index (χ1n) is 10.1. The van der Waals surface area contributed by atoms with E-state index in [-0.39, 0.29) is 24.5 Å². The second-order valence-corrected chi connectivity index (χ2v) is 8.67. The molecule has 1 amide bonds. The van der Waals surface area contributed by atoms with Crippen molar-refractivity contribution in [2.45, 2.75) is 38.8 Å². The third-order valence-corrected chi connectivity index (χ3v) is 5.12. The molecule has 0 radical (unpaired) electrons. The Labute approximate surface area is 181 Å². The molecule has 170 valence electrons. The number of rotatable bonds is 6. The predicted molar refractivity (Wildman–Crippen MR) is 115 cm³/mol. The summed E-state index contributed by atoms with van der Waals surface area (Å²) in [5.41, 5.74) is 0.621. The zero-order chi connectivity index (χ0) is 22.9. The van der Waals surface area contributed by atoms with Crippen LogP contribution in [0.25, 0.3) is 10.9 Å². The summed E-state index contributed by atoms with van der Waals surface area (Å²) in [6.07, 6.45) is 2.15. The first-order valence-corrected chi connectivity index (χ1v) is 10.1. The number of carbonyl (C=O) groups excluding carboxylic acids is 1. The molecular formula is C21H30N4O6. The number of nitrogens with zero attached hydrogens (tertiary/aromatic N) is 4. The number of likely N-dealkylation sites (N-methyl/N-ethyl adjacent to an activating group) is 1. The molecule has 10 nitrogen and oxygen atoms in total. The number of aromatic carboxylic acids is 1. The van der Waals surface area contributed by atoms with Crippen LogP contribution in [0.2, 0.25) is 0 Å². The predicted octanol–water partition coefficient (Wildman–Crippen LogP) is 2.70. The fourth-order valence-electron chi connectivity index (χ4n) is 3.73. The first kappa shape index (κ1) is 22.7. The minimum absolute atomic E-state index is 0.0209. The number of carboxylic acid groups (broad SMARTS) is 1. The molecule has 1 saturated heterocycles. The standard InChI is InChI=1S/C21H30N4O6/c1-21(2,3)31-20(28)24(5)13-7-8-25(10-13)18-15-11-23(4)22-17(15)14(19(26)27)9-16(18)30-12-29-6/h9,11,13H,7-8,10,12H2,1-6H3,(H,26,27)/t13-/m0/s1. The van der Waals surface area contributed by atoms with E-state index in [1.165, 1.54) is 13.2 Å². The minimum atomic E-state index is -1.08. The van der Waals surface area contributed by atoms with E-state index in [1.54, 1.807) is 29.9 Å². The van der Waals surface area contributed by atoms with Crippen molar-refractivity contribution < 1.29 is 28.9 Å². The summed E-state index contributed by atoms with van der Waals surface area (Å²) in [6.45, 7) is 6.70. The number of benzene rings is 1. The molecule has 1 aliphatic heterocycles. The lowest BCUT2D eigenvalue weighted by Gasteiger charge is -2.29. The summed E-state index contributed by atoms with van der Waals surface area (Å²) in [5.74, 6) is -0.679. The highest BCUT2D eigenvalue weighted by Crippen LogP contribution is 2.40. The van der Waals surface area contributed by atoms with Gasteiger partial charge in [-0.1, -0.05) is 0 Å². The summed E-state index contributed by atoms with van der Waals surface area (Å²) in [6, 6.07) is 1.42. The van der Waals surface area contributed by atoms with Gasteiger partial charge in [0.15, 0.2) is 6.79 Å². The molecule has 1 aliphatic rings. The van der Waals surface area contributed by atoms with Gasteiger partial charge in [-0.25, -0.2) is 9.59 Å². The fraction of sp³-hybridized carbons (Fsp3) is 0.571. The summed E-state index contributed by atoms with van der Waals surface area (Å²) in [7, 11) is 4.98. The zero-order valence-corrected chi connectivity index (χ0v) is 18.8. The van der Waals surface area contributed by atoms with Crippen LogP contribution in [0, 0.1) is 0 Å². The Kier molecular flexibility index (Phi) is 6.30. The largest absolute Gasteiger partial charge is 0.478 e. The third-order valence-electron chi connectivity index (χ3n) is 5.12. The number of fused-ring (bicyclic) bond motifs is 1. The van der Waals surface area contributed by atoms with E-state index in [2.05, 4.69) is 10.00 Å². The zero-order valence-electron chi connectivity index (χ0n) is 18.8. The fourth-order valence-corrected chi connectivity index (χ4v) is 3.73. The van der Waals surface area contributed by atoms with Gasteiger partial charge in [-0.2, -0.15) is 5.10 Å². The number of carboxylic acids is 1. The number of hydrogen-bond acceptors (Lipinski definition) is 7. The van der Waals surface area contributed by atoms with Crippen molar-refractivity contribution in [1.29, 1.82) is 0 Å². The van der Waals surface area contributed by atoms with E-state index in [0.717, 1.165) is 12.1 Å².